The average Bonchev–Trinajstić information content (AvgIpc) is 2.97. The van der Waals surface area contributed by atoms with Crippen molar-refractivity contribution in [2.75, 3.05) is 5.88 Å². The van der Waals surface area contributed by atoms with Gasteiger partial charge in [0.15, 0.2) is 0 Å². The summed E-state index contributed by atoms with van der Waals surface area (Å²) in [5.41, 5.74) is 1.39. The fourth-order valence-corrected chi connectivity index (χ4v) is 3.33. The molecule has 0 aliphatic heterocycles. The number of aromatic nitrogens is 3. The highest BCUT2D eigenvalue weighted by Gasteiger charge is 2.14. The van der Waals surface area contributed by atoms with Gasteiger partial charge in [-0.05, 0) is 13.0 Å². The third-order valence-electron chi connectivity index (χ3n) is 3.15. The van der Waals surface area contributed by atoms with Gasteiger partial charge < -0.3 is 4.57 Å². The first-order valence-corrected chi connectivity index (χ1v) is 8.13. The molecule has 3 nitrogen and oxygen atoms in total. The molecular formula is C14H12Cl2FN3S. The van der Waals surface area contributed by atoms with Crippen LogP contribution >= 0.6 is 34.5 Å². The van der Waals surface area contributed by atoms with Crippen molar-refractivity contribution in [2.24, 2.45) is 0 Å². The van der Waals surface area contributed by atoms with E-state index < -0.39 is 5.82 Å². The topological polar surface area (TPSA) is 30.7 Å². The number of benzene rings is 1. The van der Waals surface area contributed by atoms with Crippen LogP contribution in [-0.4, -0.2) is 20.4 Å². The van der Waals surface area contributed by atoms with Gasteiger partial charge in [-0.2, -0.15) is 0 Å². The van der Waals surface area contributed by atoms with Crippen LogP contribution in [0.25, 0.3) is 11.0 Å². The Morgan fingerprint density at radius 1 is 1.38 bits per heavy atom. The van der Waals surface area contributed by atoms with E-state index in [2.05, 4.69) is 9.97 Å². The lowest BCUT2D eigenvalue weighted by molar-refractivity contribution is 0.629. The Labute approximate surface area is 135 Å². The quantitative estimate of drug-likeness (QED) is 0.656. The predicted molar refractivity (Wildman–Crippen MR) is 85.1 cm³/mol. The van der Waals surface area contributed by atoms with Gasteiger partial charge in [0.1, 0.15) is 16.6 Å². The van der Waals surface area contributed by atoms with E-state index in [0.29, 0.717) is 24.4 Å². The predicted octanol–water partition coefficient (Wildman–Crippen LogP) is 4.42. The molecule has 0 spiro atoms. The van der Waals surface area contributed by atoms with Gasteiger partial charge in [-0.25, -0.2) is 14.4 Å². The standard InChI is InChI=1S/C14H12Cl2FN3S/c1-8-6-18-14(21-8)7-20-12-4-9(16)10(17)5-11(12)19-13(20)2-3-15/h4-6H,2-3,7H2,1H3. The lowest BCUT2D eigenvalue weighted by Gasteiger charge is -2.06. The van der Waals surface area contributed by atoms with Crippen LogP contribution in [0, 0.1) is 12.7 Å². The molecule has 0 atom stereocenters. The second kappa shape index (κ2) is 5.91. The highest BCUT2D eigenvalue weighted by molar-refractivity contribution is 7.11. The van der Waals surface area contributed by atoms with Crippen LogP contribution in [-0.2, 0) is 13.0 Å². The molecule has 0 unspecified atom stereocenters. The van der Waals surface area contributed by atoms with E-state index in [1.54, 1.807) is 17.4 Å². The van der Waals surface area contributed by atoms with Gasteiger partial charge >= 0.3 is 0 Å². The van der Waals surface area contributed by atoms with Crippen LogP contribution in [0.5, 0.6) is 0 Å². The van der Waals surface area contributed by atoms with Gasteiger partial charge in [0.25, 0.3) is 0 Å². The summed E-state index contributed by atoms with van der Waals surface area (Å²) >= 11 is 13.4. The van der Waals surface area contributed by atoms with E-state index >= 15 is 0 Å². The summed E-state index contributed by atoms with van der Waals surface area (Å²) in [7, 11) is 0. The van der Waals surface area contributed by atoms with E-state index in [1.165, 1.54) is 6.07 Å². The summed E-state index contributed by atoms with van der Waals surface area (Å²) < 4.78 is 15.6. The zero-order valence-electron chi connectivity index (χ0n) is 11.2. The van der Waals surface area contributed by atoms with E-state index in [9.17, 15) is 4.39 Å². The molecule has 2 heterocycles. The summed E-state index contributed by atoms with van der Waals surface area (Å²) in [6.45, 7) is 2.60. The molecule has 0 fully saturated rings. The van der Waals surface area contributed by atoms with E-state index in [0.717, 1.165) is 21.2 Å². The minimum Gasteiger partial charge on any atom is -0.321 e. The van der Waals surface area contributed by atoms with Crippen molar-refractivity contribution >= 4 is 45.6 Å². The van der Waals surface area contributed by atoms with Crippen molar-refractivity contribution in [2.45, 2.75) is 19.9 Å². The zero-order chi connectivity index (χ0) is 15.0. The number of hydrogen-bond acceptors (Lipinski definition) is 3. The maximum Gasteiger partial charge on any atom is 0.144 e. The van der Waals surface area contributed by atoms with Crippen LogP contribution in [0.4, 0.5) is 4.39 Å². The highest BCUT2D eigenvalue weighted by atomic mass is 35.5. The van der Waals surface area contributed by atoms with Crippen molar-refractivity contribution in [1.29, 1.82) is 0 Å². The van der Waals surface area contributed by atoms with Crippen LogP contribution in [0.1, 0.15) is 15.7 Å². The summed E-state index contributed by atoms with van der Waals surface area (Å²) in [5, 5.41) is 1.07. The van der Waals surface area contributed by atoms with Gasteiger partial charge in [0, 0.05) is 29.4 Å². The molecule has 7 heteroatoms. The minimum atomic E-state index is -0.462. The molecule has 0 aliphatic rings. The molecule has 0 amide bonds. The number of thiazole rings is 1. The number of halogens is 3. The molecule has 0 radical (unpaired) electrons. The van der Waals surface area contributed by atoms with E-state index in [1.807, 2.05) is 17.7 Å². The zero-order valence-corrected chi connectivity index (χ0v) is 13.6. The number of hydrogen-bond donors (Lipinski definition) is 0. The number of rotatable bonds is 4. The molecule has 1 aromatic carbocycles. The average molecular weight is 344 g/mol. The molecule has 0 N–H and O–H groups in total. The molecule has 2 aromatic heterocycles. The summed E-state index contributed by atoms with van der Waals surface area (Å²) in [4.78, 5) is 9.98. The van der Waals surface area contributed by atoms with E-state index in [-0.39, 0.29) is 5.02 Å². The Hall–Kier alpha value is -1.17. The molecule has 3 aromatic rings. The maximum atomic E-state index is 13.6. The first-order valence-electron chi connectivity index (χ1n) is 6.40. The SMILES string of the molecule is Cc1cnc(Cn2c(CCCl)nc3cc(F)c(Cl)cc32)s1. The first-order chi connectivity index (χ1) is 10.1. The molecule has 21 heavy (non-hydrogen) atoms. The minimum absolute atomic E-state index is 0.0939. The van der Waals surface area contributed by atoms with Crippen LogP contribution < -0.4 is 0 Å². The van der Waals surface area contributed by atoms with Gasteiger partial charge in [0.05, 0.1) is 22.6 Å². The third-order valence-corrected chi connectivity index (χ3v) is 4.53. The number of aryl methyl sites for hydroxylation is 2. The molecule has 0 aliphatic carbocycles. The highest BCUT2D eigenvalue weighted by Crippen LogP contribution is 2.25. The lowest BCUT2D eigenvalue weighted by Crippen LogP contribution is -2.05. The maximum absolute atomic E-state index is 13.6. The van der Waals surface area contributed by atoms with E-state index in [4.69, 9.17) is 23.2 Å². The monoisotopic (exact) mass is 343 g/mol. The van der Waals surface area contributed by atoms with Gasteiger partial charge in [-0.3, -0.25) is 0 Å². The molecule has 3 rings (SSSR count). The van der Waals surface area contributed by atoms with Crippen molar-refractivity contribution in [3.05, 3.63) is 44.9 Å². The Kier molecular flexibility index (Phi) is 4.15. The van der Waals surface area contributed by atoms with Crippen molar-refractivity contribution in [1.82, 2.24) is 14.5 Å². The molecule has 0 saturated heterocycles. The Morgan fingerprint density at radius 2 is 2.19 bits per heavy atom. The molecular weight excluding hydrogens is 332 g/mol. The summed E-state index contributed by atoms with van der Waals surface area (Å²) in [6, 6.07) is 2.97. The number of nitrogens with zero attached hydrogens (tertiary/aromatic N) is 3. The fourth-order valence-electron chi connectivity index (χ4n) is 2.23. The fraction of sp³-hybridized carbons (Fsp3) is 0.286. The molecule has 0 bridgehead atoms. The second-order valence-corrected chi connectivity index (χ2v) is 6.78. The first kappa shape index (κ1) is 14.8. The molecule has 110 valence electrons. The molecule has 0 saturated carbocycles. The Morgan fingerprint density at radius 3 is 2.86 bits per heavy atom. The van der Waals surface area contributed by atoms with Crippen molar-refractivity contribution < 1.29 is 4.39 Å². The second-order valence-electron chi connectivity index (χ2n) is 4.67. The Balaban J connectivity index is 2.12. The van der Waals surface area contributed by atoms with Crippen molar-refractivity contribution in [3.8, 4) is 0 Å². The Bertz CT molecular complexity index is 797. The smallest absolute Gasteiger partial charge is 0.144 e. The normalized spacial score (nSPS) is 11.4. The number of fused-ring (bicyclic) bond motifs is 1. The number of alkyl halides is 1. The van der Waals surface area contributed by atoms with Gasteiger partial charge in [0.2, 0.25) is 0 Å². The summed E-state index contributed by atoms with van der Waals surface area (Å²) in [6.07, 6.45) is 2.45. The lowest BCUT2D eigenvalue weighted by atomic mass is 10.3. The number of imidazole rings is 1. The van der Waals surface area contributed by atoms with Gasteiger partial charge in [-0.1, -0.05) is 11.6 Å². The van der Waals surface area contributed by atoms with Crippen molar-refractivity contribution in [3.63, 3.8) is 0 Å². The largest absolute Gasteiger partial charge is 0.321 e. The van der Waals surface area contributed by atoms with Gasteiger partial charge in [-0.15, -0.1) is 22.9 Å². The van der Waals surface area contributed by atoms with Crippen LogP contribution in [0.15, 0.2) is 18.3 Å². The third kappa shape index (κ3) is 2.91. The van der Waals surface area contributed by atoms with Crippen LogP contribution in [0.2, 0.25) is 5.02 Å². The summed E-state index contributed by atoms with van der Waals surface area (Å²) in [5.74, 6) is 0.807. The van der Waals surface area contributed by atoms with Crippen LogP contribution in [0.3, 0.4) is 0 Å².